The lowest BCUT2D eigenvalue weighted by atomic mass is 9.99. The number of aromatic amines is 1. The van der Waals surface area contributed by atoms with E-state index in [1.165, 1.54) is 18.0 Å². The molecule has 0 spiro atoms. The number of nitrogens with zero attached hydrogens (tertiary/aromatic N) is 2. The number of fused-ring (bicyclic) bond motifs is 1. The Morgan fingerprint density at radius 2 is 1.86 bits per heavy atom. The summed E-state index contributed by atoms with van der Waals surface area (Å²) >= 11 is 0. The lowest BCUT2D eigenvalue weighted by Crippen LogP contribution is -2.42. The van der Waals surface area contributed by atoms with Crippen LogP contribution in [0.2, 0.25) is 0 Å². The summed E-state index contributed by atoms with van der Waals surface area (Å²) in [6, 6.07) is 10.4. The maximum atomic E-state index is 14.4. The number of likely N-dealkylation sites (N-methyl/N-ethyl adjacent to an activating group) is 1. The number of carboxylic acid groups (broad SMARTS) is 1. The van der Waals surface area contributed by atoms with Gasteiger partial charge >= 0.3 is 5.97 Å². The first kappa shape index (κ1) is 25.7. The number of aliphatic carboxylic acids is 1. The van der Waals surface area contributed by atoms with Crippen molar-refractivity contribution in [2.45, 2.75) is 38.1 Å². The zero-order chi connectivity index (χ0) is 25.5. The quantitative estimate of drug-likeness (QED) is 0.187. The van der Waals surface area contributed by atoms with Gasteiger partial charge in [-0.1, -0.05) is 30.3 Å². The number of carbonyl (C=O) groups excluding carboxylic acids is 1. The number of aliphatic imine (C=N–C) groups is 1. The summed E-state index contributed by atoms with van der Waals surface area (Å²) in [7, 11) is 1.45. The molecule has 1 heterocycles. The van der Waals surface area contributed by atoms with E-state index in [4.69, 9.17) is 11.5 Å². The van der Waals surface area contributed by atoms with Crippen molar-refractivity contribution in [2.24, 2.45) is 16.5 Å². The molecule has 1 atom stereocenters. The van der Waals surface area contributed by atoms with Crippen LogP contribution in [0.5, 0.6) is 0 Å². The van der Waals surface area contributed by atoms with Gasteiger partial charge in [-0.25, -0.2) is 13.6 Å². The van der Waals surface area contributed by atoms with E-state index in [9.17, 15) is 23.5 Å². The molecule has 2 aromatic carbocycles. The molecule has 0 saturated heterocycles. The zero-order valence-electron chi connectivity index (χ0n) is 19.4. The molecule has 0 unspecified atom stereocenters. The number of carbonyl (C=O) groups is 2. The summed E-state index contributed by atoms with van der Waals surface area (Å²) in [6.45, 7) is 0.268. The summed E-state index contributed by atoms with van der Waals surface area (Å²) < 4.78 is 28.4. The highest BCUT2D eigenvalue weighted by atomic mass is 19.1. The lowest BCUT2D eigenvalue weighted by Gasteiger charge is -2.24. The Balaban J connectivity index is 1.74. The fourth-order valence-corrected chi connectivity index (χ4v) is 4.13. The van der Waals surface area contributed by atoms with Gasteiger partial charge < -0.3 is 26.5 Å². The van der Waals surface area contributed by atoms with Crippen molar-refractivity contribution in [3.05, 3.63) is 59.7 Å². The Morgan fingerprint density at radius 1 is 1.14 bits per heavy atom. The Kier molecular flexibility index (Phi) is 8.40. The number of nitrogens with two attached hydrogens (primary N) is 2. The normalized spacial score (nSPS) is 11.9. The predicted octanol–water partition coefficient (Wildman–Crippen LogP) is 3.40. The third kappa shape index (κ3) is 6.34. The van der Waals surface area contributed by atoms with Crippen LogP contribution in [-0.2, 0) is 16.0 Å². The van der Waals surface area contributed by atoms with Crippen LogP contribution in [0.25, 0.3) is 22.2 Å². The van der Waals surface area contributed by atoms with E-state index in [0.29, 0.717) is 35.9 Å². The number of guanidine groups is 1. The highest BCUT2D eigenvalue weighted by Gasteiger charge is 2.26. The Morgan fingerprint density at radius 3 is 2.51 bits per heavy atom. The molecular formula is C25H29F2N5O3. The first-order valence-electron chi connectivity index (χ1n) is 11.3. The second-order valence-electron chi connectivity index (χ2n) is 8.32. The van der Waals surface area contributed by atoms with Gasteiger partial charge in [0.25, 0.3) is 0 Å². The van der Waals surface area contributed by atoms with E-state index in [1.807, 2.05) is 30.3 Å². The number of rotatable bonds is 11. The average Bonchev–Trinajstić information content (AvgIpc) is 3.17. The molecule has 1 aromatic heterocycles. The monoisotopic (exact) mass is 485 g/mol. The van der Waals surface area contributed by atoms with Crippen LogP contribution in [0.15, 0.2) is 47.5 Å². The van der Waals surface area contributed by atoms with Crippen molar-refractivity contribution >= 4 is 28.7 Å². The molecule has 8 nitrogen and oxygen atoms in total. The minimum atomic E-state index is -1.11. The Labute approximate surface area is 201 Å². The SMILES string of the molecule is CN(C(=O)CCCc1c(-c2ccccc2)[nH]c2c(F)cc(F)cc12)[C@@H](CCCN=C(N)N)C(=O)O. The second-order valence-corrected chi connectivity index (χ2v) is 8.32. The Hall–Kier alpha value is -3.95. The van der Waals surface area contributed by atoms with Crippen LogP contribution in [-0.4, -0.2) is 52.5 Å². The van der Waals surface area contributed by atoms with Gasteiger partial charge in [0, 0.05) is 37.2 Å². The number of aryl methyl sites for hydroxylation is 1. The average molecular weight is 486 g/mol. The molecule has 3 rings (SSSR count). The summed E-state index contributed by atoms with van der Waals surface area (Å²) in [5.74, 6) is -2.90. The molecule has 0 aliphatic carbocycles. The fourth-order valence-electron chi connectivity index (χ4n) is 4.13. The molecule has 3 aromatic rings. The third-order valence-electron chi connectivity index (χ3n) is 5.89. The van der Waals surface area contributed by atoms with Crippen molar-refractivity contribution in [3.8, 4) is 11.3 Å². The lowest BCUT2D eigenvalue weighted by molar-refractivity contribution is -0.149. The summed E-state index contributed by atoms with van der Waals surface area (Å²) in [4.78, 5) is 32.5. The summed E-state index contributed by atoms with van der Waals surface area (Å²) in [5.41, 5.74) is 12.9. The molecule has 0 fully saturated rings. The molecule has 10 heteroatoms. The van der Waals surface area contributed by atoms with Crippen LogP contribution in [0.4, 0.5) is 8.78 Å². The van der Waals surface area contributed by atoms with Gasteiger partial charge in [0.2, 0.25) is 5.91 Å². The number of H-pyrrole nitrogens is 1. The number of aromatic nitrogens is 1. The first-order chi connectivity index (χ1) is 16.7. The van der Waals surface area contributed by atoms with E-state index < -0.39 is 23.6 Å². The van der Waals surface area contributed by atoms with E-state index in [0.717, 1.165) is 11.6 Å². The minimum absolute atomic E-state index is 0.0757. The fraction of sp³-hybridized carbons (Fsp3) is 0.320. The Bertz CT molecular complexity index is 1220. The van der Waals surface area contributed by atoms with E-state index in [-0.39, 0.29) is 36.8 Å². The minimum Gasteiger partial charge on any atom is -0.480 e. The van der Waals surface area contributed by atoms with E-state index in [1.54, 1.807) is 0 Å². The predicted molar refractivity (Wildman–Crippen MR) is 131 cm³/mol. The molecule has 0 bridgehead atoms. The number of benzene rings is 2. The molecule has 35 heavy (non-hydrogen) atoms. The number of amides is 1. The van der Waals surface area contributed by atoms with Crippen LogP contribution in [0.1, 0.15) is 31.2 Å². The molecule has 1 amide bonds. The van der Waals surface area contributed by atoms with E-state index >= 15 is 0 Å². The number of hydrogen-bond acceptors (Lipinski definition) is 3. The van der Waals surface area contributed by atoms with Crippen LogP contribution in [0.3, 0.4) is 0 Å². The molecule has 6 N–H and O–H groups in total. The molecular weight excluding hydrogens is 456 g/mol. The topological polar surface area (TPSA) is 138 Å². The van der Waals surface area contributed by atoms with Crippen molar-refractivity contribution in [1.82, 2.24) is 9.88 Å². The molecule has 0 saturated carbocycles. The van der Waals surface area contributed by atoms with Gasteiger partial charge in [-0.05, 0) is 42.9 Å². The standard InChI is InChI=1S/C25H29F2N5O3/c1-32(20(24(34)35)10-6-12-30-25(28)29)21(33)11-5-9-17-18-13-16(26)14-19(27)23(18)31-22(17)15-7-3-2-4-8-15/h2-4,7-8,13-14,20,31H,5-6,9-12H2,1H3,(H,34,35)(H4,28,29,30)/t20-/m0/s1. The van der Waals surface area contributed by atoms with Crippen molar-refractivity contribution in [3.63, 3.8) is 0 Å². The largest absolute Gasteiger partial charge is 0.480 e. The van der Waals surface area contributed by atoms with Gasteiger partial charge in [-0.2, -0.15) is 0 Å². The third-order valence-corrected chi connectivity index (χ3v) is 5.89. The summed E-state index contributed by atoms with van der Waals surface area (Å²) in [6.07, 6.45) is 1.42. The molecule has 0 aliphatic heterocycles. The maximum Gasteiger partial charge on any atom is 0.326 e. The van der Waals surface area contributed by atoms with Gasteiger partial charge in [0.1, 0.15) is 17.7 Å². The molecule has 186 valence electrons. The highest BCUT2D eigenvalue weighted by molar-refractivity contribution is 5.91. The van der Waals surface area contributed by atoms with Crippen LogP contribution < -0.4 is 11.5 Å². The van der Waals surface area contributed by atoms with Gasteiger partial charge in [-0.3, -0.25) is 9.79 Å². The summed E-state index contributed by atoms with van der Waals surface area (Å²) in [5, 5.41) is 9.98. The first-order valence-corrected chi connectivity index (χ1v) is 11.3. The van der Waals surface area contributed by atoms with Crippen molar-refractivity contribution in [2.75, 3.05) is 13.6 Å². The molecule has 0 aliphatic rings. The zero-order valence-corrected chi connectivity index (χ0v) is 19.4. The van der Waals surface area contributed by atoms with Crippen LogP contribution >= 0.6 is 0 Å². The van der Waals surface area contributed by atoms with E-state index in [2.05, 4.69) is 9.98 Å². The number of nitrogens with one attached hydrogen (secondary N) is 1. The molecule has 0 radical (unpaired) electrons. The number of halogens is 2. The maximum absolute atomic E-state index is 14.4. The van der Waals surface area contributed by atoms with Gasteiger partial charge in [-0.15, -0.1) is 0 Å². The van der Waals surface area contributed by atoms with Gasteiger partial charge in [0.15, 0.2) is 5.96 Å². The number of carboxylic acids is 1. The van der Waals surface area contributed by atoms with Crippen LogP contribution in [0, 0.1) is 11.6 Å². The smallest absolute Gasteiger partial charge is 0.326 e. The van der Waals surface area contributed by atoms with Crippen molar-refractivity contribution < 1.29 is 23.5 Å². The second kappa shape index (κ2) is 11.5. The van der Waals surface area contributed by atoms with Gasteiger partial charge in [0.05, 0.1) is 5.52 Å². The number of hydrogen-bond donors (Lipinski definition) is 4. The van der Waals surface area contributed by atoms with Crippen molar-refractivity contribution in [1.29, 1.82) is 0 Å². The highest BCUT2D eigenvalue weighted by Crippen LogP contribution is 2.33.